The smallest absolute Gasteiger partial charge is 0.254 e. The zero-order valence-corrected chi connectivity index (χ0v) is 17.4. The van der Waals surface area contributed by atoms with Crippen molar-refractivity contribution in [3.05, 3.63) is 75.8 Å². The molecule has 1 aliphatic heterocycles. The summed E-state index contributed by atoms with van der Waals surface area (Å²) in [5, 5.41) is 6.36. The van der Waals surface area contributed by atoms with E-state index in [0.717, 1.165) is 17.0 Å². The SMILES string of the molecule is O=C1C2C3C=CC(C3)C2C(=O)N1N=Cc1ccccc1OCc1ccc(Cl)cc1Cl. The Hall–Kier alpha value is -2.63. The van der Waals surface area contributed by atoms with Gasteiger partial charge < -0.3 is 4.74 Å². The number of ether oxygens (including phenoxy) is 1. The van der Waals surface area contributed by atoms with E-state index in [4.69, 9.17) is 27.9 Å². The number of hydrogen-bond donors (Lipinski definition) is 0. The number of nitrogens with zero attached hydrogens (tertiary/aromatic N) is 2. The molecule has 0 spiro atoms. The van der Waals surface area contributed by atoms with Crippen LogP contribution in [0.1, 0.15) is 17.5 Å². The van der Waals surface area contributed by atoms with E-state index in [1.54, 1.807) is 18.2 Å². The molecule has 0 radical (unpaired) electrons. The summed E-state index contributed by atoms with van der Waals surface area (Å²) in [7, 11) is 0. The Bertz CT molecular complexity index is 1070. The highest BCUT2D eigenvalue weighted by atomic mass is 35.5. The summed E-state index contributed by atoms with van der Waals surface area (Å²) < 4.78 is 5.91. The summed E-state index contributed by atoms with van der Waals surface area (Å²) in [4.78, 5) is 25.5. The second-order valence-corrected chi connectivity index (χ2v) is 8.64. The normalized spacial score (nSPS) is 26.8. The molecule has 4 atom stereocenters. The lowest BCUT2D eigenvalue weighted by molar-refractivity contribution is -0.140. The average Bonchev–Trinajstić information content (AvgIpc) is 3.41. The highest BCUT2D eigenvalue weighted by Crippen LogP contribution is 2.52. The Morgan fingerprint density at radius 2 is 1.73 bits per heavy atom. The lowest BCUT2D eigenvalue weighted by Gasteiger charge is -2.13. The molecule has 7 heteroatoms. The summed E-state index contributed by atoms with van der Waals surface area (Å²) in [5.41, 5.74) is 1.47. The van der Waals surface area contributed by atoms with Crippen LogP contribution in [0.5, 0.6) is 5.75 Å². The van der Waals surface area contributed by atoms with Crippen molar-refractivity contribution in [2.24, 2.45) is 28.8 Å². The van der Waals surface area contributed by atoms with E-state index in [2.05, 4.69) is 17.3 Å². The lowest BCUT2D eigenvalue weighted by atomic mass is 9.85. The van der Waals surface area contributed by atoms with E-state index in [1.807, 2.05) is 24.3 Å². The average molecular weight is 441 g/mol. The van der Waals surface area contributed by atoms with Crippen LogP contribution in [0.4, 0.5) is 0 Å². The van der Waals surface area contributed by atoms with Gasteiger partial charge in [0.15, 0.2) is 0 Å². The molecule has 5 nitrogen and oxygen atoms in total. The minimum Gasteiger partial charge on any atom is -0.488 e. The minimum atomic E-state index is -0.261. The Balaban J connectivity index is 1.33. The molecule has 3 aliphatic rings. The zero-order valence-electron chi connectivity index (χ0n) is 15.9. The molecule has 4 unspecified atom stereocenters. The van der Waals surface area contributed by atoms with Crippen molar-refractivity contribution in [3.63, 3.8) is 0 Å². The highest BCUT2D eigenvalue weighted by molar-refractivity contribution is 6.35. The minimum absolute atomic E-state index is 0.163. The monoisotopic (exact) mass is 440 g/mol. The van der Waals surface area contributed by atoms with Crippen LogP contribution in [0, 0.1) is 23.7 Å². The summed E-state index contributed by atoms with van der Waals surface area (Å²) in [6, 6.07) is 12.5. The van der Waals surface area contributed by atoms with Crippen LogP contribution in [0.3, 0.4) is 0 Å². The standard InChI is InChI=1S/C23H18Cl2N2O3/c24-17-8-7-16(18(25)10-17)12-30-19-4-2-1-3-15(19)11-26-27-22(28)20-13-5-6-14(9-13)21(20)23(27)29/h1-8,10-11,13-14,20-21H,9,12H2. The molecule has 2 amide bonds. The summed E-state index contributed by atoms with van der Waals surface area (Å²) in [6.07, 6.45) is 6.53. The van der Waals surface area contributed by atoms with E-state index < -0.39 is 0 Å². The number of carbonyl (C=O) groups is 2. The van der Waals surface area contributed by atoms with Crippen LogP contribution in [-0.4, -0.2) is 23.0 Å². The van der Waals surface area contributed by atoms with E-state index >= 15 is 0 Å². The molecule has 1 saturated carbocycles. The van der Waals surface area contributed by atoms with Crippen LogP contribution in [0.15, 0.2) is 59.7 Å². The number of rotatable bonds is 5. The zero-order chi connectivity index (χ0) is 20.8. The first-order valence-electron chi connectivity index (χ1n) is 9.79. The Morgan fingerprint density at radius 3 is 2.43 bits per heavy atom. The number of amides is 2. The molecule has 0 aromatic heterocycles. The molecular formula is C23H18Cl2N2O3. The first-order valence-corrected chi connectivity index (χ1v) is 10.5. The number of carbonyl (C=O) groups excluding carboxylic acids is 2. The van der Waals surface area contributed by atoms with Gasteiger partial charge in [-0.05, 0) is 42.5 Å². The van der Waals surface area contributed by atoms with Gasteiger partial charge in [0, 0.05) is 21.2 Å². The van der Waals surface area contributed by atoms with Crippen molar-refractivity contribution in [1.29, 1.82) is 0 Å². The molecule has 2 aromatic carbocycles. The Labute approximate surface area is 183 Å². The van der Waals surface area contributed by atoms with Gasteiger partial charge in [-0.2, -0.15) is 10.1 Å². The number of hydrogen-bond acceptors (Lipinski definition) is 4. The molecule has 1 heterocycles. The van der Waals surface area contributed by atoms with Crippen LogP contribution >= 0.6 is 23.2 Å². The van der Waals surface area contributed by atoms with Gasteiger partial charge in [-0.1, -0.05) is 53.6 Å². The molecule has 0 N–H and O–H groups in total. The Kier molecular flexibility index (Phi) is 4.88. The molecule has 2 fully saturated rings. The third kappa shape index (κ3) is 3.22. The highest BCUT2D eigenvalue weighted by Gasteiger charge is 2.59. The van der Waals surface area contributed by atoms with Crippen molar-refractivity contribution in [3.8, 4) is 5.75 Å². The van der Waals surface area contributed by atoms with E-state index in [1.165, 1.54) is 6.21 Å². The van der Waals surface area contributed by atoms with Crippen molar-refractivity contribution < 1.29 is 14.3 Å². The van der Waals surface area contributed by atoms with E-state index in [-0.39, 0.29) is 42.1 Å². The molecule has 1 saturated heterocycles. The largest absolute Gasteiger partial charge is 0.488 e. The van der Waals surface area contributed by atoms with Gasteiger partial charge in [-0.25, -0.2) is 0 Å². The quantitative estimate of drug-likeness (QED) is 0.384. The third-order valence-corrected chi connectivity index (χ3v) is 6.66. The topological polar surface area (TPSA) is 59.0 Å². The maximum Gasteiger partial charge on any atom is 0.254 e. The van der Waals surface area contributed by atoms with E-state index in [0.29, 0.717) is 21.4 Å². The molecule has 2 aliphatic carbocycles. The predicted molar refractivity (Wildman–Crippen MR) is 114 cm³/mol. The number of benzene rings is 2. The second-order valence-electron chi connectivity index (χ2n) is 7.79. The molecular weight excluding hydrogens is 423 g/mol. The van der Waals surface area contributed by atoms with Crippen molar-refractivity contribution in [2.75, 3.05) is 0 Å². The fourth-order valence-corrected chi connectivity index (χ4v) is 5.10. The van der Waals surface area contributed by atoms with Crippen LogP contribution < -0.4 is 4.74 Å². The second kappa shape index (κ2) is 7.56. The number of imide groups is 1. The number of para-hydroxylation sites is 1. The fraction of sp³-hybridized carbons (Fsp3) is 0.261. The van der Waals surface area contributed by atoms with E-state index in [9.17, 15) is 9.59 Å². The van der Waals surface area contributed by atoms with Gasteiger partial charge in [0.1, 0.15) is 12.4 Å². The molecule has 152 valence electrons. The van der Waals surface area contributed by atoms with Gasteiger partial charge in [0.25, 0.3) is 11.8 Å². The molecule has 2 bridgehead atoms. The van der Waals surface area contributed by atoms with Crippen molar-refractivity contribution >= 4 is 41.2 Å². The molecule has 30 heavy (non-hydrogen) atoms. The van der Waals surface area contributed by atoms with Gasteiger partial charge in [0.2, 0.25) is 0 Å². The Morgan fingerprint density at radius 1 is 1.03 bits per heavy atom. The molecule has 5 rings (SSSR count). The summed E-state index contributed by atoms with van der Waals surface area (Å²) in [6.45, 7) is 0.252. The number of halogens is 2. The van der Waals surface area contributed by atoms with Crippen LogP contribution in [0.2, 0.25) is 10.0 Å². The first-order chi connectivity index (χ1) is 14.5. The predicted octanol–water partition coefficient (Wildman–Crippen LogP) is 4.71. The number of fused-ring (bicyclic) bond motifs is 5. The van der Waals surface area contributed by atoms with Crippen molar-refractivity contribution in [1.82, 2.24) is 5.01 Å². The van der Waals surface area contributed by atoms with Crippen LogP contribution in [-0.2, 0) is 16.2 Å². The number of hydrazone groups is 1. The number of allylic oxidation sites excluding steroid dienone is 2. The van der Waals surface area contributed by atoms with Crippen LogP contribution in [0.25, 0.3) is 0 Å². The van der Waals surface area contributed by atoms with Gasteiger partial charge in [0.05, 0.1) is 18.1 Å². The van der Waals surface area contributed by atoms with Gasteiger partial charge in [-0.15, -0.1) is 0 Å². The maximum absolute atomic E-state index is 12.8. The van der Waals surface area contributed by atoms with Crippen molar-refractivity contribution in [2.45, 2.75) is 13.0 Å². The maximum atomic E-state index is 12.8. The summed E-state index contributed by atoms with van der Waals surface area (Å²) in [5.74, 6) is -0.0265. The molecule has 2 aromatic rings. The van der Waals surface area contributed by atoms with Gasteiger partial charge in [-0.3, -0.25) is 9.59 Å². The van der Waals surface area contributed by atoms with Gasteiger partial charge >= 0.3 is 0 Å². The summed E-state index contributed by atoms with van der Waals surface area (Å²) >= 11 is 12.1. The third-order valence-electron chi connectivity index (χ3n) is 6.08. The fourth-order valence-electron chi connectivity index (χ4n) is 4.63. The lowest BCUT2D eigenvalue weighted by Crippen LogP contribution is -2.28. The first kappa shape index (κ1) is 19.3.